The lowest BCUT2D eigenvalue weighted by molar-refractivity contribution is -0.138. The van der Waals surface area contributed by atoms with Crippen molar-refractivity contribution >= 4 is 18.0 Å². The second-order valence-corrected chi connectivity index (χ2v) is 3.20. The second kappa shape index (κ2) is 5.88. The van der Waals surface area contributed by atoms with Gasteiger partial charge in [0.2, 0.25) is 0 Å². The molecule has 0 saturated heterocycles. The van der Waals surface area contributed by atoms with Gasteiger partial charge >= 0.3 is 11.9 Å². The average molecular weight is 242 g/mol. The first-order valence-electron chi connectivity index (χ1n) is 5.20. The molecule has 94 valence electrons. The monoisotopic (exact) mass is 242 g/mol. The number of nitrogens with zero attached hydrogens (tertiary/aromatic N) is 1. The van der Waals surface area contributed by atoms with E-state index in [1.54, 1.807) is 13.8 Å². The highest BCUT2D eigenvalue weighted by Crippen LogP contribution is 2.11. The molecule has 7 nitrogen and oxygen atoms in total. The van der Waals surface area contributed by atoms with Crippen LogP contribution in [0.15, 0.2) is 10.7 Å². The van der Waals surface area contributed by atoms with E-state index >= 15 is 0 Å². The number of ether oxygens (including phenoxy) is 1. The summed E-state index contributed by atoms with van der Waals surface area (Å²) in [5.74, 6) is -1.61. The molecule has 1 aromatic heterocycles. The van der Waals surface area contributed by atoms with E-state index in [0.717, 1.165) is 6.26 Å². The van der Waals surface area contributed by atoms with Crippen molar-refractivity contribution in [3.8, 4) is 0 Å². The van der Waals surface area contributed by atoms with Gasteiger partial charge in [0.1, 0.15) is 12.3 Å². The number of aliphatic carboxylic acids is 1. The van der Waals surface area contributed by atoms with Crippen LogP contribution in [0.25, 0.3) is 0 Å². The number of rotatable bonds is 6. The third-order valence-electron chi connectivity index (χ3n) is 1.99. The van der Waals surface area contributed by atoms with Gasteiger partial charge in [0.05, 0.1) is 6.61 Å². The van der Waals surface area contributed by atoms with Gasteiger partial charge < -0.3 is 19.6 Å². The van der Waals surface area contributed by atoms with Crippen LogP contribution in [0.1, 0.15) is 30.8 Å². The number of anilines is 1. The van der Waals surface area contributed by atoms with Gasteiger partial charge in [0.25, 0.3) is 6.01 Å². The molecule has 1 heterocycles. The first kappa shape index (κ1) is 13.0. The van der Waals surface area contributed by atoms with Gasteiger partial charge in [-0.3, -0.25) is 0 Å². The van der Waals surface area contributed by atoms with E-state index in [1.807, 2.05) is 0 Å². The fourth-order valence-electron chi connectivity index (χ4n) is 1.13. The number of oxazole rings is 1. The maximum Gasteiger partial charge on any atom is 0.360 e. The summed E-state index contributed by atoms with van der Waals surface area (Å²) in [6.07, 6.45) is 1.49. The molecule has 0 bridgehead atoms. The number of hydrogen-bond donors (Lipinski definition) is 2. The van der Waals surface area contributed by atoms with E-state index in [-0.39, 0.29) is 18.3 Å². The molecule has 7 heteroatoms. The van der Waals surface area contributed by atoms with Crippen molar-refractivity contribution in [1.82, 2.24) is 4.98 Å². The van der Waals surface area contributed by atoms with Crippen molar-refractivity contribution < 1.29 is 23.8 Å². The molecule has 1 aromatic rings. The molecule has 0 radical (unpaired) electrons. The zero-order chi connectivity index (χ0) is 12.8. The van der Waals surface area contributed by atoms with Crippen molar-refractivity contribution in [2.24, 2.45) is 0 Å². The van der Waals surface area contributed by atoms with Crippen LogP contribution in [0, 0.1) is 0 Å². The molecule has 0 fully saturated rings. The molecule has 0 aromatic carbocycles. The average Bonchev–Trinajstić information content (AvgIpc) is 2.74. The SMILES string of the molecule is CCOC(=O)c1coc(NC(CC)C(=O)O)n1. The zero-order valence-corrected chi connectivity index (χ0v) is 9.60. The molecule has 0 aliphatic carbocycles. The highest BCUT2D eigenvalue weighted by atomic mass is 16.5. The largest absolute Gasteiger partial charge is 0.480 e. The summed E-state index contributed by atoms with van der Waals surface area (Å²) in [6, 6.07) is -0.814. The van der Waals surface area contributed by atoms with Gasteiger partial charge in [-0.25, -0.2) is 9.59 Å². The summed E-state index contributed by atoms with van der Waals surface area (Å²) in [4.78, 5) is 25.8. The fraction of sp³-hybridized carbons (Fsp3) is 0.500. The Hall–Kier alpha value is -2.05. The molecule has 17 heavy (non-hydrogen) atoms. The molecule has 0 aliphatic rings. The molecule has 0 amide bonds. The van der Waals surface area contributed by atoms with E-state index < -0.39 is 18.0 Å². The Balaban J connectivity index is 2.68. The lowest BCUT2D eigenvalue weighted by Gasteiger charge is -2.08. The molecule has 1 atom stereocenters. The lowest BCUT2D eigenvalue weighted by Crippen LogP contribution is -2.28. The summed E-state index contributed by atoms with van der Waals surface area (Å²) in [6.45, 7) is 3.62. The standard InChI is InChI=1S/C10H14N2O5/c1-3-6(8(13)14)11-10-12-7(5-17-10)9(15)16-4-2/h5-6H,3-4H2,1-2H3,(H,11,12)(H,13,14). The summed E-state index contributed by atoms with van der Waals surface area (Å²) in [5.41, 5.74) is 0.00888. The molecule has 0 aliphatic heterocycles. The van der Waals surface area contributed by atoms with E-state index in [2.05, 4.69) is 10.3 Å². The fourth-order valence-corrected chi connectivity index (χ4v) is 1.13. The van der Waals surface area contributed by atoms with Crippen LogP contribution >= 0.6 is 0 Å². The van der Waals surface area contributed by atoms with Crippen molar-refractivity contribution in [2.75, 3.05) is 11.9 Å². The molecule has 2 N–H and O–H groups in total. The van der Waals surface area contributed by atoms with E-state index in [1.165, 1.54) is 0 Å². The van der Waals surface area contributed by atoms with Crippen molar-refractivity contribution in [3.63, 3.8) is 0 Å². The number of hydrogen-bond acceptors (Lipinski definition) is 6. The number of esters is 1. The maximum atomic E-state index is 11.3. The minimum atomic E-state index is -1.01. The number of nitrogens with one attached hydrogen (secondary N) is 1. The zero-order valence-electron chi connectivity index (χ0n) is 9.60. The quantitative estimate of drug-likeness (QED) is 0.721. The number of carboxylic acid groups (broad SMARTS) is 1. The molecular formula is C10H14N2O5. The van der Waals surface area contributed by atoms with Gasteiger partial charge in [-0.15, -0.1) is 0 Å². The van der Waals surface area contributed by atoms with Gasteiger partial charge in [-0.05, 0) is 13.3 Å². The van der Waals surface area contributed by atoms with E-state index in [9.17, 15) is 9.59 Å². The first-order valence-corrected chi connectivity index (χ1v) is 5.20. The highest BCUT2D eigenvalue weighted by Gasteiger charge is 2.19. The summed E-state index contributed by atoms with van der Waals surface area (Å²) in [7, 11) is 0. The Morgan fingerprint density at radius 2 is 2.29 bits per heavy atom. The summed E-state index contributed by atoms with van der Waals surface area (Å²) < 4.78 is 9.64. The number of carbonyl (C=O) groups is 2. The lowest BCUT2D eigenvalue weighted by atomic mass is 10.2. The predicted molar refractivity (Wildman–Crippen MR) is 57.8 cm³/mol. The Morgan fingerprint density at radius 3 is 2.82 bits per heavy atom. The minimum absolute atomic E-state index is 0.00888. The van der Waals surface area contributed by atoms with Gasteiger partial charge in [0, 0.05) is 0 Å². The van der Waals surface area contributed by atoms with Crippen LogP contribution in [-0.4, -0.2) is 34.7 Å². The van der Waals surface area contributed by atoms with Crippen molar-refractivity contribution in [3.05, 3.63) is 12.0 Å². The number of aromatic nitrogens is 1. The van der Waals surface area contributed by atoms with Gasteiger partial charge in [0.15, 0.2) is 5.69 Å². The van der Waals surface area contributed by atoms with Crippen molar-refractivity contribution in [1.29, 1.82) is 0 Å². The van der Waals surface area contributed by atoms with Gasteiger partial charge in [-0.1, -0.05) is 6.92 Å². The minimum Gasteiger partial charge on any atom is -0.480 e. The number of carboxylic acids is 1. The molecular weight excluding hydrogens is 228 g/mol. The van der Waals surface area contributed by atoms with E-state index in [0.29, 0.717) is 6.42 Å². The Kier molecular flexibility index (Phi) is 4.50. The van der Waals surface area contributed by atoms with Gasteiger partial charge in [-0.2, -0.15) is 4.98 Å². The van der Waals surface area contributed by atoms with Crippen LogP contribution in [0.4, 0.5) is 6.01 Å². The molecule has 0 spiro atoms. The third kappa shape index (κ3) is 3.47. The van der Waals surface area contributed by atoms with Crippen LogP contribution in [0.2, 0.25) is 0 Å². The normalized spacial score (nSPS) is 11.9. The Morgan fingerprint density at radius 1 is 1.59 bits per heavy atom. The van der Waals surface area contributed by atoms with Crippen LogP contribution in [-0.2, 0) is 9.53 Å². The van der Waals surface area contributed by atoms with Crippen LogP contribution in [0.5, 0.6) is 0 Å². The third-order valence-corrected chi connectivity index (χ3v) is 1.99. The summed E-state index contributed by atoms with van der Waals surface area (Å²) >= 11 is 0. The van der Waals surface area contributed by atoms with Crippen LogP contribution in [0.3, 0.4) is 0 Å². The molecule has 0 saturated carbocycles. The second-order valence-electron chi connectivity index (χ2n) is 3.20. The first-order chi connectivity index (χ1) is 8.08. The smallest absolute Gasteiger partial charge is 0.360 e. The van der Waals surface area contributed by atoms with E-state index in [4.69, 9.17) is 14.3 Å². The van der Waals surface area contributed by atoms with Crippen molar-refractivity contribution in [2.45, 2.75) is 26.3 Å². The Bertz CT molecular complexity index is 401. The van der Waals surface area contributed by atoms with Crippen LogP contribution < -0.4 is 5.32 Å². The number of carbonyl (C=O) groups excluding carboxylic acids is 1. The highest BCUT2D eigenvalue weighted by molar-refractivity contribution is 5.87. The topological polar surface area (TPSA) is 102 Å². The predicted octanol–water partition coefficient (Wildman–Crippen LogP) is 1.13. The maximum absolute atomic E-state index is 11.3. The molecule has 1 rings (SSSR count). The molecule has 1 unspecified atom stereocenters. The Labute approximate surface area is 97.8 Å². The summed E-state index contributed by atoms with van der Waals surface area (Å²) in [5, 5.41) is 11.4.